The first kappa shape index (κ1) is 14.4. The molecule has 1 aliphatic rings. The second-order valence-electron chi connectivity index (χ2n) is 4.40. The molecule has 1 fully saturated rings. The van der Waals surface area contributed by atoms with Crippen molar-refractivity contribution in [3.8, 4) is 0 Å². The minimum absolute atomic E-state index is 0.173. The molecule has 0 saturated carbocycles. The van der Waals surface area contributed by atoms with E-state index >= 15 is 0 Å². The lowest BCUT2D eigenvalue weighted by molar-refractivity contribution is -0.143. The van der Waals surface area contributed by atoms with E-state index in [1.807, 2.05) is 6.92 Å². The van der Waals surface area contributed by atoms with Crippen molar-refractivity contribution in [3.05, 3.63) is 0 Å². The van der Waals surface area contributed by atoms with Crippen molar-refractivity contribution < 1.29 is 14.3 Å². The van der Waals surface area contributed by atoms with Gasteiger partial charge in [0.15, 0.2) is 0 Å². The van der Waals surface area contributed by atoms with Crippen LogP contribution < -0.4 is 5.32 Å². The summed E-state index contributed by atoms with van der Waals surface area (Å²) < 4.78 is 10.3. The second kappa shape index (κ2) is 7.63. The van der Waals surface area contributed by atoms with Crippen LogP contribution in [0.2, 0.25) is 0 Å². The summed E-state index contributed by atoms with van der Waals surface area (Å²) >= 11 is 0. The predicted octanol–water partition coefficient (Wildman–Crippen LogP) is 0.248. The van der Waals surface area contributed by atoms with Gasteiger partial charge in [-0.1, -0.05) is 6.92 Å². The summed E-state index contributed by atoms with van der Waals surface area (Å²) in [6, 6.07) is -0.192. The molecule has 0 aromatic heterocycles. The van der Waals surface area contributed by atoms with Crippen LogP contribution in [0, 0.1) is 0 Å². The highest BCUT2D eigenvalue weighted by Crippen LogP contribution is 2.06. The third-order valence-corrected chi connectivity index (χ3v) is 3.00. The SMILES string of the molecule is CCNC(CCN1CCOC(C)C1)C(=O)OC. The van der Waals surface area contributed by atoms with Crippen LogP contribution in [0.4, 0.5) is 0 Å². The van der Waals surface area contributed by atoms with Gasteiger partial charge in [-0.05, 0) is 19.9 Å². The Hall–Kier alpha value is -0.650. The number of carbonyl (C=O) groups is 1. The van der Waals surface area contributed by atoms with Crippen molar-refractivity contribution in [2.75, 3.05) is 39.9 Å². The van der Waals surface area contributed by atoms with Crippen molar-refractivity contribution in [2.45, 2.75) is 32.4 Å². The number of carbonyl (C=O) groups excluding carboxylic acids is 1. The summed E-state index contributed by atoms with van der Waals surface area (Å²) in [5, 5.41) is 3.15. The highest BCUT2D eigenvalue weighted by molar-refractivity contribution is 5.75. The molecule has 5 nitrogen and oxygen atoms in total. The van der Waals surface area contributed by atoms with Crippen LogP contribution in [0.15, 0.2) is 0 Å². The Morgan fingerprint density at radius 1 is 1.65 bits per heavy atom. The van der Waals surface area contributed by atoms with E-state index in [9.17, 15) is 4.79 Å². The standard InChI is InChI=1S/C12H24N2O3/c1-4-13-11(12(15)16-3)5-6-14-7-8-17-10(2)9-14/h10-11,13H,4-9H2,1-3H3. The number of morpholine rings is 1. The molecule has 0 bridgehead atoms. The lowest BCUT2D eigenvalue weighted by Crippen LogP contribution is -2.45. The average Bonchev–Trinajstić information content (AvgIpc) is 2.33. The van der Waals surface area contributed by atoms with Gasteiger partial charge in [-0.2, -0.15) is 0 Å². The van der Waals surface area contributed by atoms with E-state index in [0.29, 0.717) is 6.10 Å². The van der Waals surface area contributed by atoms with Crippen LogP contribution in [0.1, 0.15) is 20.3 Å². The maximum Gasteiger partial charge on any atom is 0.322 e. The molecule has 1 saturated heterocycles. The molecule has 0 spiro atoms. The first-order valence-electron chi connectivity index (χ1n) is 6.32. The highest BCUT2D eigenvalue weighted by atomic mass is 16.5. The maximum absolute atomic E-state index is 11.5. The second-order valence-corrected chi connectivity index (χ2v) is 4.40. The van der Waals surface area contributed by atoms with E-state index in [1.165, 1.54) is 7.11 Å². The van der Waals surface area contributed by atoms with Crippen molar-refractivity contribution in [2.24, 2.45) is 0 Å². The van der Waals surface area contributed by atoms with Crippen LogP contribution in [0.3, 0.4) is 0 Å². The molecular formula is C12H24N2O3. The molecule has 1 aliphatic heterocycles. The molecule has 100 valence electrons. The number of likely N-dealkylation sites (N-methyl/N-ethyl adjacent to an activating group) is 1. The van der Waals surface area contributed by atoms with Crippen molar-refractivity contribution in [3.63, 3.8) is 0 Å². The zero-order valence-electron chi connectivity index (χ0n) is 11.1. The fraction of sp³-hybridized carbons (Fsp3) is 0.917. The van der Waals surface area contributed by atoms with Gasteiger partial charge in [-0.3, -0.25) is 9.69 Å². The molecule has 1 heterocycles. The van der Waals surface area contributed by atoms with Crippen molar-refractivity contribution >= 4 is 5.97 Å². The molecule has 0 aromatic carbocycles. The van der Waals surface area contributed by atoms with E-state index in [1.54, 1.807) is 0 Å². The fourth-order valence-electron chi connectivity index (χ4n) is 2.10. The molecule has 0 amide bonds. The van der Waals surface area contributed by atoms with Gasteiger partial charge in [0.25, 0.3) is 0 Å². The highest BCUT2D eigenvalue weighted by Gasteiger charge is 2.21. The largest absolute Gasteiger partial charge is 0.468 e. The molecule has 17 heavy (non-hydrogen) atoms. The van der Waals surface area contributed by atoms with Gasteiger partial charge in [-0.15, -0.1) is 0 Å². The smallest absolute Gasteiger partial charge is 0.322 e. The van der Waals surface area contributed by atoms with E-state index < -0.39 is 0 Å². The Bertz CT molecular complexity index is 236. The van der Waals surface area contributed by atoms with Gasteiger partial charge in [0.2, 0.25) is 0 Å². The zero-order chi connectivity index (χ0) is 12.7. The number of rotatable bonds is 6. The quantitative estimate of drug-likeness (QED) is 0.679. The Kier molecular flexibility index (Phi) is 6.47. The number of hydrogen-bond acceptors (Lipinski definition) is 5. The van der Waals surface area contributed by atoms with E-state index in [2.05, 4.69) is 17.1 Å². The van der Waals surface area contributed by atoms with Gasteiger partial charge < -0.3 is 14.8 Å². The van der Waals surface area contributed by atoms with Gasteiger partial charge in [-0.25, -0.2) is 0 Å². The minimum atomic E-state index is -0.192. The number of nitrogens with one attached hydrogen (secondary N) is 1. The topological polar surface area (TPSA) is 50.8 Å². The van der Waals surface area contributed by atoms with Crippen LogP contribution >= 0.6 is 0 Å². The Labute approximate surface area is 103 Å². The fourth-order valence-corrected chi connectivity index (χ4v) is 2.10. The predicted molar refractivity (Wildman–Crippen MR) is 66.0 cm³/mol. The van der Waals surface area contributed by atoms with Gasteiger partial charge >= 0.3 is 5.97 Å². The summed E-state index contributed by atoms with van der Waals surface area (Å²) in [6.07, 6.45) is 1.08. The molecule has 2 unspecified atom stereocenters. The monoisotopic (exact) mass is 244 g/mol. The van der Waals surface area contributed by atoms with Crippen LogP contribution in [-0.4, -0.2) is 62.9 Å². The number of methoxy groups -OCH3 is 1. The molecule has 5 heteroatoms. The summed E-state index contributed by atoms with van der Waals surface area (Å²) in [7, 11) is 1.43. The first-order valence-corrected chi connectivity index (χ1v) is 6.32. The van der Waals surface area contributed by atoms with E-state index in [0.717, 1.165) is 39.2 Å². The number of nitrogens with zero attached hydrogens (tertiary/aromatic N) is 1. The number of ether oxygens (including phenoxy) is 2. The molecular weight excluding hydrogens is 220 g/mol. The number of esters is 1. The zero-order valence-corrected chi connectivity index (χ0v) is 11.1. The Morgan fingerprint density at radius 3 is 3.00 bits per heavy atom. The first-order chi connectivity index (χ1) is 8.17. The van der Waals surface area contributed by atoms with Crippen molar-refractivity contribution in [1.82, 2.24) is 10.2 Å². The summed E-state index contributed by atoms with van der Waals surface area (Å²) in [6.45, 7) is 8.43. The molecule has 0 aliphatic carbocycles. The van der Waals surface area contributed by atoms with Crippen molar-refractivity contribution in [1.29, 1.82) is 0 Å². The van der Waals surface area contributed by atoms with E-state index in [4.69, 9.17) is 9.47 Å². The lowest BCUT2D eigenvalue weighted by atomic mass is 10.2. The molecule has 2 atom stereocenters. The van der Waals surface area contributed by atoms with Crippen LogP contribution in [0.5, 0.6) is 0 Å². The summed E-state index contributed by atoms with van der Waals surface area (Å²) in [5.74, 6) is -0.173. The summed E-state index contributed by atoms with van der Waals surface area (Å²) in [5.41, 5.74) is 0. The molecule has 1 N–H and O–H groups in total. The van der Waals surface area contributed by atoms with Crippen LogP contribution in [-0.2, 0) is 14.3 Å². The number of hydrogen-bond donors (Lipinski definition) is 1. The normalized spacial score (nSPS) is 23.4. The minimum Gasteiger partial charge on any atom is -0.468 e. The molecule has 1 rings (SSSR count). The van der Waals surface area contributed by atoms with Crippen LogP contribution in [0.25, 0.3) is 0 Å². The average molecular weight is 244 g/mol. The Balaban J connectivity index is 2.32. The van der Waals surface area contributed by atoms with Gasteiger partial charge in [0.05, 0.1) is 19.8 Å². The van der Waals surface area contributed by atoms with E-state index in [-0.39, 0.29) is 12.0 Å². The lowest BCUT2D eigenvalue weighted by Gasteiger charge is -2.31. The maximum atomic E-state index is 11.5. The van der Waals surface area contributed by atoms with Gasteiger partial charge in [0, 0.05) is 19.6 Å². The molecule has 0 radical (unpaired) electrons. The van der Waals surface area contributed by atoms with Gasteiger partial charge in [0.1, 0.15) is 6.04 Å². The third-order valence-electron chi connectivity index (χ3n) is 3.00. The third kappa shape index (κ3) is 5.02. The summed E-state index contributed by atoms with van der Waals surface area (Å²) in [4.78, 5) is 13.8. The molecule has 0 aromatic rings. The Morgan fingerprint density at radius 2 is 2.41 bits per heavy atom.